The third kappa shape index (κ3) is 9.66. The molecule has 1 saturated carbocycles. The fourth-order valence-corrected chi connectivity index (χ4v) is 5.88. The second kappa shape index (κ2) is 15.3. The number of amides is 2. The summed E-state index contributed by atoms with van der Waals surface area (Å²) in [5.41, 5.74) is 0.847. The van der Waals surface area contributed by atoms with E-state index in [1.807, 2.05) is 13.8 Å². The van der Waals surface area contributed by atoms with Crippen LogP contribution in [0.4, 0.5) is 5.69 Å². The van der Waals surface area contributed by atoms with Crippen molar-refractivity contribution in [1.29, 1.82) is 0 Å². The number of sulfonamides is 1. The van der Waals surface area contributed by atoms with Gasteiger partial charge in [-0.2, -0.15) is 0 Å². The summed E-state index contributed by atoms with van der Waals surface area (Å²) in [5.74, 6) is -0.198. The Kier molecular flexibility index (Phi) is 12.4. The molecule has 10 nitrogen and oxygen atoms in total. The lowest BCUT2D eigenvalue weighted by atomic mass is 9.88. The van der Waals surface area contributed by atoms with Crippen LogP contribution in [0, 0.1) is 11.8 Å². The van der Waals surface area contributed by atoms with Crippen molar-refractivity contribution in [3.05, 3.63) is 23.8 Å². The number of carbonyl (C=O) groups is 2. The van der Waals surface area contributed by atoms with Crippen LogP contribution in [0.15, 0.2) is 18.2 Å². The van der Waals surface area contributed by atoms with Crippen molar-refractivity contribution in [2.45, 2.75) is 90.4 Å². The highest BCUT2D eigenvalue weighted by Crippen LogP contribution is 2.30. The van der Waals surface area contributed by atoms with Crippen LogP contribution in [0.5, 0.6) is 5.75 Å². The number of anilines is 1. The van der Waals surface area contributed by atoms with Crippen LogP contribution in [0.2, 0.25) is 0 Å². The molecule has 4 atom stereocenters. The number of likely N-dealkylation sites (N-methyl/N-ethyl adjacent to an activating group) is 1. The summed E-state index contributed by atoms with van der Waals surface area (Å²) in [5, 5.41) is 13.1. The molecule has 0 saturated heterocycles. The van der Waals surface area contributed by atoms with Crippen LogP contribution >= 0.6 is 0 Å². The lowest BCUT2D eigenvalue weighted by molar-refractivity contribution is -0.120. The van der Waals surface area contributed by atoms with Gasteiger partial charge in [0.05, 0.1) is 36.7 Å². The second-order valence-electron chi connectivity index (χ2n) is 11.9. The third-order valence-electron chi connectivity index (χ3n) is 8.30. The van der Waals surface area contributed by atoms with E-state index >= 15 is 0 Å². The predicted octanol–water partition coefficient (Wildman–Crippen LogP) is 3.89. The van der Waals surface area contributed by atoms with E-state index in [0.717, 1.165) is 57.6 Å². The lowest BCUT2D eigenvalue weighted by Crippen LogP contribution is -2.47. The molecule has 0 spiro atoms. The maximum Gasteiger partial charge on any atom is 0.258 e. The van der Waals surface area contributed by atoms with Gasteiger partial charge in [0.25, 0.3) is 5.91 Å². The van der Waals surface area contributed by atoms with E-state index in [0.29, 0.717) is 23.6 Å². The Balaban J connectivity index is 1.95. The van der Waals surface area contributed by atoms with Crippen LogP contribution in [-0.2, 0) is 19.6 Å². The molecule has 1 aliphatic heterocycles. The minimum absolute atomic E-state index is 0.0295. The molecule has 2 aliphatic rings. The van der Waals surface area contributed by atoms with Crippen molar-refractivity contribution >= 4 is 27.5 Å². The number of nitrogens with one attached hydrogen (secondary N) is 1. The fourth-order valence-electron chi connectivity index (χ4n) is 5.46. The lowest BCUT2D eigenvalue weighted by Gasteiger charge is -2.35. The highest BCUT2D eigenvalue weighted by Gasteiger charge is 2.31. The molecule has 2 N–H and O–H groups in total. The van der Waals surface area contributed by atoms with Crippen molar-refractivity contribution in [2.75, 3.05) is 44.9 Å². The summed E-state index contributed by atoms with van der Waals surface area (Å²) in [6, 6.07) is 4.67. The van der Waals surface area contributed by atoms with E-state index in [2.05, 4.69) is 5.32 Å². The van der Waals surface area contributed by atoms with E-state index in [1.54, 1.807) is 30.0 Å². The monoisotopic (exact) mass is 595 g/mol. The Labute approximate surface area is 245 Å². The molecule has 11 heteroatoms. The van der Waals surface area contributed by atoms with E-state index in [4.69, 9.17) is 9.47 Å². The molecule has 0 radical (unpaired) electrons. The SMILES string of the molecule is C[C@@H]1CN([C@@H](C)CO)C(=O)c2cc(NC(=O)C3CCCCC3)ccc2O[C@@H](C)CCCCO[C@H]1CN(C)S(C)(=O)=O. The molecule has 1 aromatic rings. The van der Waals surface area contributed by atoms with Gasteiger partial charge in [0, 0.05) is 44.3 Å². The summed E-state index contributed by atoms with van der Waals surface area (Å²) >= 11 is 0. The van der Waals surface area contributed by atoms with Crippen molar-refractivity contribution in [3.63, 3.8) is 0 Å². The average molecular weight is 596 g/mol. The molecule has 41 heavy (non-hydrogen) atoms. The average Bonchev–Trinajstić information content (AvgIpc) is 2.94. The first kappa shape index (κ1) is 33.3. The molecule has 3 rings (SSSR count). The van der Waals surface area contributed by atoms with Gasteiger partial charge in [-0.1, -0.05) is 26.2 Å². The smallest absolute Gasteiger partial charge is 0.258 e. The van der Waals surface area contributed by atoms with E-state index < -0.39 is 22.2 Å². The first-order valence-corrected chi connectivity index (χ1v) is 16.8. The van der Waals surface area contributed by atoms with Crippen LogP contribution < -0.4 is 10.1 Å². The van der Waals surface area contributed by atoms with Crippen molar-refractivity contribution in [3.8, 4) is 5.75 Å². The Morgan fingerprint density at radius 3 is 2.49 bits per heavy atom. The number of carbonyl (C=O) groups excluding carboxylic acids is 2. The fraction of sp³-hybridized carbons (Fsp3) is 0.733. The molecule has 1 aliphatic carbocycles. The van der Waals surface area contributed by atoms with E-state index in [1.165, 1.54) is 11.4 Å². The third-order valence-corrected chi connectivity index (χ3v) is 9.58. The Hall–Kier alpha value is -2.21. The molecule has 1 aromatic carbocycles. The zero-order chi connectivity index (χ0) is 30.2. The number of hydrogen-bond donors (Lipinski definition) is 2. The molecule has 0 bridgehead atoms. The predicted molar refractivity (Wildman–Crippen MR) is 160 cm³/mol. The minimum atomic E-state index is -3.42. The van der Waals surface area contributed by atoms with Crippen molar-refractivity contribution in [2.24, 2.45) is 11.8 Å². The van der Waals surface area contributed by atoms with E-state index in [9.17, 15) is 23.1 Å². The first-order chi connectivity index (χ1) is 19.4. The second-order valence-corrected chi connectivity index (χ2v) is 14.0. The van der Waals surface area contributed by atoms with Gasteiger partial charge in [0.2, 0.25) is 15.9 Å². The summed E-state index contributed by atoms with van der Waals surface area (Å²) in [4.78, 5) is 28.7. The Morgan fingerprint density at radius 2 is 1.83 bits per heavy atom. The molecule has 1 fully saturated rings. The van der Waals surface area contributed by atoms with Crippen molar-refractivity contribution in [1.82, 2.24) is 9.21 Å². The van der Waals surface area contributed by atoms with E-state index in [-0.39, 0.29) is 49.5 Å². The Bertz CT molecular complexity index is 1120. The molecule has 1 heterocycles. The van der Waals surface area contributed by atoms with Gasteiger partial charge < -0.3 is 24.8 Å². The highest BCUT2D eigenvalue weighted by molar-refractivity contribution is 7.88. The Morgan fingerprint density at radius 1 is 1.15 bits per heavy atom. The van der Waals surface area contributed by atoms with Gasteiger partial charge in [-0.15, -0.1) is 0 Å². The van der Waals surface area contributed by atoms with Gasteiger partial charge in [-0.3, -0.25) is 9.59 Å². The number of hydrogen-bond acceptors (Lipinski definition) is 7. The molecule has 0 aromatic heterocycles. The maximum atomic E-state index is 14.2. The van der Waals surface area contributed by atoms with Gasteiger partial charge in [-0.05, 0) is 64.2 Å². The number of aliphatic hydroxyl groups excluding tert-OH is 1. The highest BCUT2D eigenvalue weighted by atomic mass is 32.2. The molecule has 232 valence electrons. The maximum absolute atomic E-state index is 14.2. The van der Waals surface area contributed by atoms with Gasteiger partial charge in [0.15, 0.2) is 0 Å². The van der Waals surface area contributed by atoms with Crippen LogP contribution in [0.25, 0.3) is 0 Å². The van der Waals surface area contributed by atoms with Gasteiger partial charge in [-0.25, -0.2) is 12.7 Å². The zero-order valence-corrected chi connectivity index (χ0v) is 26.1. The van der Waals surface area contributed by atoms with Crippen LogP contribution in [0.3, 0.4) is 0 Å². The summed E-state index contributed by atoms with van der Waals surface area (Å²) < 4.78 is 38.0. The first-order valence-electron chi connectivity index (χ1n) is 15.0. The number of fused-ring (bicyclic) bond motifs is 1. The summed E-state index contributed by atoms with van der Waals surface area (Å²) in [7, 11) is -1.90. The molecule has 0 unspecified atom stereocenters. The molecular formula is C30H49N3O7S. The zero-order valence-electron chi connectivity index (χ0n) is 25.3. The molecule has 2 amide bonds. The molecular weight excluding hydrogens is 546 g/mol. The summed E-state index contributed by atoms with van der Waals surface area (Å²) in [6.45, 7) is 6.25. The summed E-state index contributed by atoms with van der Waals surface area (Å²) in [6.07, 6.45) is 7.90. The standard InChI is InChI=1S/C30H49N3O7S/c1-21-18-33(22(2)20-34)30(36)26-17-25(31-29(35)24-12-7-6-8-13-24)14-15-27(26)40-23(3)11-9-10-16-39-28(21)19-32(4)41(5,37)38/h14-15,17,21-24,28,34H,6-13,16,18-20H2,1-5H3,(H,31,35)/t21-,22+,23+,28+/m1/s1. The number of aliphatic hydroxyl groups is 1. The number of ether oxygens (including phenoxy) is 2. The number of rotatable bonds is 7. The topological polar surface area (TPSA) is 125 Å². The largest absolute Gasteiger partial charge is 0.490 e. The van der Waals surface area contributed by atoms with Crippen LogP contribution in [0.1, 0.15) is 82.5 Å². The quantitative estimate of drug-likeness (QED) is 0.490. The number of benzene rings is 1. The van der Waals surface area contributed by atoms with Crippen LogP contribution in [-0.4, -0.2) is 92.4 Å². The van der Waals surface area contributed by atoms with Gasteiger partial charge >= 0.3 is 0 Å². The number of nitrogens with zero attached hydrogens (tertiary/aromatic N) is 2. The minimum Gasteiger partial charge on any atom is -0.490 e. The normalized spacial score (nSPS) is 24.7. The van der Waals surface area contributed by atoms with Gasteiger partial charge in [0.1, 0.15) is 5.75 Å². The van der Waals surface area contributed by atoms with Crippen molar-refractivity contribution < 1.29 is 32.6 Å².